The number of nitrogens with one attached hydrogen (secondary N) is 1. The van der Waals surface area contributed by atoms with Crippen molar-refractivity contribution in [1.82, 2.24) is 9.97 Å². The molecular weight excluding hydrogens is 284 g/mol. The number of rotatable bonds is 1. The highest BCUT2D eigenvalue weighted by molar-refractivity contribution is 9.10. The van der Waals surface area contributed by atoms with Crippen LogP contribution in [0.3, 0.4) is 0 Å². The van der Waals surface area contributed by atoms with Crippen molar-refractivity contribution in [2.45, 2.75) is 0 Å². The van der Waals surface area contributed by atoms with Gasteiger partial charge in [-0.3, -0.25) is 0 Å². The Hall–Kier alpha value is -0.940. The van der Waals surface area contributed by atoms with Crippen LogP contribution in [0.5, 0.6) is 0 Å². The first-order chi connectivity index (χ1) is 7.13. The number of aromatic nitrogens is 2. The van der Waals surface area contributed by atoms with E-state index >= 15 is 0 Å². The van der Waals surface area contributed by atoms with Crippen LogP contribution in [0.1, 0.15) is 0 Å². The van der Waals surface area contributed by atoms with Gasteiger partial charge >= 0.3 is 0 Å². The van der Waals surface area contributed by atoms with Gasteiger partial charge < -0.3 is 5.32 Å². The van der Waals surface area contributed by atoms with E-state index in [4.69, 9.17) is 11.6 Å². The number of anilines is 1. The molecule has 78 valence electrons. The summed E-state index contributed by atoms with van der Waals surface area (Å²) >= 11 is 9.00. The molecule has 0 spiro atoms. The second-order valence-electron chi connectivity index (χ2n) is 2.84. The van der Waals surface area contributed by atoms with Gasteiger partial charge in [-0.2, -0.15) is 0 Å². The Morgan fingerprint density at radius 2 is 2.13 bits per heavy atom. The first-order valence-corrected chi connectivity index (χ1v) is 5.29. The molecule has 2 rings (SSSR count). The van der Waals surface area contributed by atoms with Crippen LogP contribution in [-0.2, 0) is 0 Å². The van der Waals surface area contributed by atoms with Crippen LogP contribution in [0, 0.1) is 5.82 Å². The third-order valence-corrected chi connectivity index (χ3v) is 2.79. The van der Waals surface area contributed by atoms with Gasteiger partial charge in [-0.1, -0.05) is 0 Å². The molecule has 0 aliphatic heterocycles. The lowest BCUT2D eigenvalue weighted by atomic mass is 10.2. The summed E-state index contributed by atoms with van der Waals surface area (Å²) in [4.78, 5) is 7.82. The zero-order chi connectivity index (χ0) is 11.0. The molecule has 0 saturated heterocycles. The van der Waals surface area contributed by atoms with Crippen molar-refractivity contribution in [3.63, 3.8) is 0 Å². The largest absolute Gasteiger partial charge is 0.372 e. The molecule has 0 atom stereocenters. The van der Waals surface area contributed by atoms with Gasteiger partial charge in [0.2, 0.25) is 5.28 Å². The van der Waals surface area contributed by atoms with E-state index in [9.17, 15) is 4.39 Å². The van der Waals surface area contributed by atoms with E-state index in [1.165, 1.54) is 6.07 Å². The standard InChI is InChI=1S/C9H6BrClFN3/c1-13-8-6-4(10)2-3-5(12)7(6)14-9(11)15-8/h2-3H,1H3,(H,13,14,15). The van der Waals surface area contributed by atoms with Crippen LogP contribution in [0.2, 0.25) is 5.28 Å². The predicted octanol–water partition coefficient (Wildman–Crippen LogP) is 3.23. The van der Waals surface area contributed by atoms with Crippen LogP contribution >= 0.6 is 27.5 Å². The molecular formula is C9H6BrClFN3. The molecule has 0 bridgehead atoms. The Labute approximate surface area is 98.8 Å². The zero-order valence-corrected chi connectivity index (χ0v) is 10.0. The van der Waals surface area contributed by atoms with Crippen LogP contribution in [0.15, 0.2) is 16.6 Å². The van der Waals surface area contributed by atoms with Gasteiger partial charge in [0.1, 0.15) is 17.2 Å². The third kappa shape index (κ3) is 1.77. The summed E-state index contributed by atoms with van der Waals surface area (Å²) in [6.07, 6.45) is 0. The lowest BCUT2D eigenvalue weighted by molar-refractivity contribution is 0.636. The fourth-order valence-electron chi connectivity index (χ4n) is 1.32. The summed E-state index contributed by atoms with van der Waals surface area (Å²) < 4.78 is 14.2. The second kappa shape index (κ2) is 3.90. The average molecular weight is 291 g/mol. The normalized spacial score (nSPS) is 10.7. The number of halogens is 3. The number of fused-ring (bicyclic) bond motifs is 1. The Kier molecular flexibility index (Phi) is 2.75. The van der Waals surface area contributed by atoms with Gasteiger partial charge in [0.25, 0.3) is 0 Å². The minimum absolute atomic E-state index is 0.0175. The smallest absolute Gasteiger partial charge is 0.225 e. The fraction of sp³-hybridized carbons (Fsp3) is 0.111. The Balaban J connectivity index is 2.95. The van der Waals surface area contributed by atoms with E-state index in [0.29, 0.717) is 11.2 Å². The molecule has 0 aliphatic carbocycles. The topological polar surface area (TPSA) is 37.8 Å². The van der Waals surface area contributed by atoms with Gasteiger partial charge in [0.05, 0.1) is 5.39 Å². The van der Waals surface area contributed by atoms with Crippen LogP contribution in [0.4, 0.5) is 10.2 Å². The first kappa shape index (κ1) is 10.6. The van der Waals surface area contributed by atoms with E-state index in [-0.39, 0.29) is 10.8 Å². The maximum atomic E-state index is 13.5. The van der Waals surface area contributed by atoms with Crippen LogP contribution < -0.4 is 5.32 Å². The summed E-state index contributed by atoms with van der Waals surface area (Å²) in [7, 11) is 1.69. The number of hydrogen-bond acceptors (Lipinski definition) is 3. The summed E-state index contributed by atoms with van der Waals surface area (Å²) in [6.45, 7) is 0. The zero-order valence-electron chi connectivity index (χ0n) is 7.68. The highest BCUT2D eigenvalue weighted by Gasteiger charge is 2.12. The molecule has 0 saturated carbocycles. The number of benzene rings is 1. The fourth-order valence-corrected chi connectivity index (χ4v) is 2.00. The molecule has 0 radical (unpaired) electrons. The molecule has 15 heavy (non-hydrogen) atoms. The molecule has 0 unspecified atom stereocenters. The van der Waals surface area contributed by atoms with Crippen LogP contribution in [-0.4, -0.2) is 17.0 Å². The van der Waals surface area contributed by atoms with Crippen molar-refractivity contribution in [3.05, 3.63) is 27.7 Å². The summed E-state index contributed by atoms with van der Waals surface area (Å²) in [5, 5.41) is 3.45. The molecule has 0 fully saturated rings. The van der Waals surface area contributed by atoms with Gasteiger partial charge in [-0.15, -0.1) is 0 Å². The molecule has 1 N–H and O–H groups in total. The van der Waals surface area contributed by atoms with E-state index in [1.54, 1.807) is 13.1 Å². The lowest BCUT2D eigenvalue weighted by Crippen LogP contribution is -1.98. The van der Waals surface area contributed by atoms with Gasteiger partial charge in [0.15, 0.2) is 0 Å². The molecule has 1 heterocycles. The van der Waals surface area contributed by atoms with Gasteiger partial charge in [0, 0.05) is 11.5 Å². The highest BCUT2D eigenvalue weighted by Crippen LogP contribution is 2.30. The maximum absolute atomic E-state index is 13.5. The lowest BCUT2D eigenvalue weighted by Gasteiger charge is -2.07. The quantitative estimate of drug-likeness (QED) is 0.820. The van der Waals surface area contributed by atoms with E-state index in [0.717, 1.165) is 4.47 Å². The third-order valence-electron chi connectivity index (χ3n) is 1.96. The van der Waals surface area contributed by atoms with Crippen molar-refractivity contribution in [3.8, 4) is 0 Å². The molecule has 1 aromatic carbocycles. The molecule has 6 heteroatoms. The summed E-state index contributed by atoms with van der Waals surface area (Å²) in [6, 6.07) is 2.94. The minimum atomic E-state index is -0.422. The number of hydrogen-bond donors (Lipinski definition) is 1. The first-order valence-electron chi connectivity index (χ1n) is 4.12. The predicted molar refractivity (Wildman–Crippen MR) is 61.8 cm³/mol. The van der Waals surface area contributed by atoms with E-state index in [1.807, 2.05) is 0 Å². The molecule has 0 amide bonds. The monoisotopic (exact) mass is 289 g/mol. The Morgan fingerprint density at radius 3 is 2.80 bits per heavy atom. The SMILES string of the molecule is CNc1nc(Cl)nc2c(F)ccc(Br)c12. The van der Waals surface area contributed by atoms with Crippen molar-refractivity contribution < 1.29 is 4.39 Å². The van der Waals surface area contributed by atoms with Crippen LogP contribution in [0.25, 0.3) is 10.9 Å². The molecule has 2 aromatic rings. The van der Waals surface area contributed by atoms with E-state index < -0.39 is 5.82 Å². The average Bonchev–Trinajstić information content (AvgIpc) is 2.22. The van der Waals surface area contributed by atoms with Crippen molar-refractivity contribution >= 4 is 44.3 Å². The molecule has 0 aliphatic rings. The molecule has 3 nitrogen and oxygen atoms in total. The Morgan fingerprint density at radius 1 is 1.40 bits per heavy atom. The summed E-state index contributed by atoms with van der Waals surface area (Å²) in [5.74, 6) is 0.0744. The highest BCUT2D eigenvalue weighted by atomic mass is 79.9. The van der Waals surface area contributed by atoms with Crippen molar-refractivity contribution in [2.24, 2.45) is 0 Å². The van der Waals surface area contributed by atoms with Gasteiger partial charge in [-0.05, 0) is 39.7 Å². The van der Waals surface area contributed by atoms with Gasteiger partial charge in [-0.25, -0.2) is 14.4 Å². The Bertz CT molecular complexity index is 532. The van der Waals surface area contributed by atoms with Crippen molar-refractivity contribution in [2.75, 3.05) is 12.4 Å². The number of nitrogens with zero attached hydrogens (tertiary/aromatic N) is 2. The maximum Gasteiger partial charge on any atom is 0.225 e. The molecule has 1 aromatic heterocycles. The summed E-state index contributed by atoms with van der Waals surface area (Å²) in [5.41, 5.74) is 0.203. The van der Waals surface area contributed by atoms with E-state index in [2.05, 4.69) is 31.2 Å². The minimum Gasteiger partial charge on any atom is -0.372 e. The second-order valence-corrected chi connectivity index (χ2v) is 4.04. The van der Waals surface area contributed by atoms with Crippen molar-refractivity contribution in [1.29, 1.82) is 0 Å².